The molecule has 0 radical (unpaired) electrons. The summed E-state index contributed by atoms with van der Waals surface area (Å²) >= 11 is 0. The lowest BCUT2D eigenvalue weighted by Crippen LogP contribution is -2.32. The van der Waals surface area contributed by atoms with E-state index in [-0.39, 0.29) is 11.4 Å². The monoisotopic (exact) mass is 416 g/mol. The maximum atomic E-state index is 11.8. The van der Waals surface area contributed by atoms with Crippen LogP contribution in [-0.2, 0) is 29.7 Å². The van der Waals surface area contributed by atoms with Crippen molar-refractivity contribution in [3.63, 3.8) is 0 Å². The zero-order valence-electron chi connectivity index (χ0n) is 18.6. The zero-order chi connectivity index (χ0) is 22.0. The van der Waals surface area contributed by atoms with Gasteiger partial charge < -0.3 is 4.74 Å². The smallest absolute Gasteiger partial charge is 0.337 e. The van der Waals surface area contributed by atoms with E-state index in [1.807, 2.05) is 42.6 Å². The van der Waals surface area contributed by atoms with Crippen LogP contribution < -0.4 is 0 Å². The van der Waals surface area contributed by atoms with Crippen LogP contribution in [0.15, 0.2) is 48.7 Å². The van der Waals surface area contributed by atoms with Crippen molar-refractivity contribution >= 4 is 5.97 Å². The molecule has 31 heavy (non-hydrogen) atoms. The van der Waals surface area contributed by atoms with Gasteiger partial charge in [0.2, 0.25) is 0 Å². The van der Waals surface area contributed by atoms with Gasteiger partial charge in [-0.3, -0.25) is 9.88 Å². The predicted molar refractivity (Wildman–Crippen MR) is 120 cm³/mol. The Labute approximate surface area is 183 Å². The molecule has 0 bridgehead atoms. The highest BCUT2D eigenvalue weighted by Crippen LogP contribution is 2.24. The number of carbonyl (C=O) groups excluding carboxylic acids is 1. The molecule has 0 saturated carbocycles. The van der Waals surface area contributed by atoms with Gasteiger partial charge in [0.1, 0.15) is 5.82 Å². The van der Waals surface area contributed by atoms with Crippen molar-refractivity contribution in [3.8, 4) is 11.3 Å². The zero-order valence-corrected chi connectivity index (χ0v) is 18.6. The molecule has 0 unspecified atom stereocenters. The molecule has 3 aromatic rings. The number of benzene rings is 1. The van der Waals surface area contributed by atoms with E-state index in [9.17, 15) is 4.79 Å². The van der Waals surface area contributed by atoms with Crippen molar-refractivity contribution in [2.45, 2.75) is 45.7 Å². The lowest BCUT2D eigenvalue weighted by atomic mass is 9.95. The first-order valence-corrected chi connectivity index (χ1v) is 10.6. The third kappa shape index (κ3) is 4.80. The minimum Gasteiger partial charge on any atom is -0.465 e. The lowest BCUT2D eigenvalue weighted by molar-refractivity contribution is 0.0601. The normalized spacial score (nSPS) is 14.2. The van der Waals surface area contributed by atoms with Gasteiger partial charge in [0, 0.05) is 54.5 Å². The quantitative estimate of drug-likeness (QED) is 0.595. The van der Waals surface area contributed by atoms with Gasteiger partial charge in [-0.25, -0.2) is 14.8 Å². The van der Waals surface area contributed by atoms with Crippen LogP contribution >= 0.6 is 0 Å². The second-order valence-electron chi connectivity index (χ2n) is 8.96. The van der Waals surface area contributed by atoms with E-state index in [1.54, 1.807) is 6.07 Å². The summed E-state index contributed by atoms with van der Waals surface area (Å²) in [6.45, 7) is 8.95. The van der Waals surface area contributed by atoms with Crippen molar-refractivity contribution in [2.24, 2.45) is 0 Å². The van der Waals surface area contributed by atoms with Gasteiger partial charge in [-0.1, -0.05) is 39.0 Å². The highest BCUT2D eigenvalue weighted by atomic mass is 16.5. The lowest BCUT2D eigenvalue weighted by Gasteiger charge is -2.29. The molecule has 4 rings (SSSR count). The molecule has 0 fully saturated rings. The third-order valence-corrected chi connectivity index (χ3v) is 5.46. The van der Waals surface area contributed by atoms with Gasteiger partial charge in [-0.15, -0.1) is 0 Å². The number of esters is 1. The second kappa shape index (κ2) is 8.55. The minimum atomic E-state index is -0.346. The first-order chi connectivity index (χ1) is 14.8. The summed E-state index contributed by atoms with van der Waals surface area (Å²) in [7, 11) is 1.39. The van der Waals surface area contributed by atoms with Crippen LogP contribution in [0, 0.1) is 0 Å². The van der Waals surface area contributed by atoms with Crippen LogP contribution in [0.5, 0.6) is 0 Å². The Morgan fingerprint density at radius 3 is 2.71 bits per heavy atom. The molecule has 0 spiro atoms. The maximum Gasteiger partial charge on any atom is 0.337 e. The van der Waals surface area contributed by atoms with Gasteiger partial charge in [-0.05, 0) is 24.3 Å². The Balaban J connectivity index is 1.50. The summed E-state index contributed by atoms with van der Waals surface area (Å²) in [5, 5.41) is 0. The van der Waals surface area contributed by atoms with Crippen molar-refractivity contribution < 1.29 is 9.53 Å². The molecule has 1 aliphatic rings. The van der Waals surface area contributed by atoms with Gasteiger partial charge in [0.15, 0.2) is 0 Å². The molecule has 0 aliphatic carbocycles. The molecule has 6 heteroatoms. The average molecular weight is 417 g/mol. The van der Waals surface area contributed by atoms with E-state index < -0.39 is 0 Å². The summed E-state index contributed by atoms with van der Waals surface area (Å²) in [4.78, 5) is 28.5. The van der Waals surface area contributed by atoms with Gasteiger partial charge in [-0.2, -0.15) is 0 Å². The van der Waals surface area contributed by atoms with E-state index >= 15 is 0 Å². The Kier molecular flexibility index (Phi) is 5.83. The van der Waals surface area contributed by atoms with Crippen LogP contribution in [0.1, 0.15) is 53.9 Å². The molecule has 0 atom stereocenters. The highest BCUT2D eigenvalue weighted by Gasteiger charge is 2.23. The van der Waals surface area contributed by atoms with E-state index in [0.717, 1.165) is 54.5 Å². The second-order valence-corrected chi connectivity index (χ2v) is 8.96. The third-order valence-electron chi connectivity index (χ3n) is 5.46. The number of fused-ring (bicyclic) bond motifs is 1. The standard InChI is InChI=1S/C25H28N4O2/c1-25(2,3)24-26-14-19-15-29(12-11-22(19)28-24)16-20-9-6-10-21(27-20)17-7-5-8-18(13-17)23(30)31-4/h5-10,13-14H,11-12,15-16H2,1-4H3. The van der Waals surface area contributed by atoms with Crippen LogP contribution in [0.4, 0.5) is 0 Å². The van der Waals surface area contributed by atoms with Crippen molar-refractivity contribution in [1.29, 1.82) is 0 Å². The molecule has 0 amide bonds. The maximum absolute atomic E-state index is 11.8. The topological polar surface area (TPSA) is 68.2 Å². The SMILES string of the molecule is COC(=O)c1cccc(-c2cccc(CN3CCc4nc(C(C)(C)C)ncc4C3)n2)c1. The van der Waals surface area contributed by atoms with E-state index in [2.05, 4.69) is 30.7 Å². The van der Waals surface area contributed by atoms with Crippen LogP contribution in [0.2, 0.25) is 0 Å². The molecule has 0 saturated heterocycles. The fourth-order valence-corrected chi connectivity index (χ4v) is 3.75. The molecule has 2 aromatic heterocycles. The first-order valence-electron chi connectivity index (χ1n) is 10.6. The molecule has 160 valence electrons. The fraction of sp³-hybridized carbons (Fsp3) is 0.360. The minimum absolute atomic E-state index is 0.0400. The van der Waals surface area contributed by atoms with Crippen molar-refractivity contribution in [3.05, 3.63) is 77.0 Å². The Morgan fingerprint density at radius 2 is 1.94 bits per heavy atom. The summed E-state index contributed by atoms with van der Waals surface area (Å²) in [5.41, 5.74) is 5.59. The molecule has 3 heterocycles. The van der Waals surface area contributed by atoms with Crippen LogP contribution in [0.3, 0.4) is 0 Å². The van der Waals surface area contributed by atoms with Crippen molar-refractivity contribution in [2.75, 3.05) is 13.7 Å². The van der Waals surface area contributed by atoms with Crippen molar-refractivity contribution in [1.82, 2.24) is 19.9 Å². The molecular formula is C25H28N4O2. The Hall–Kier alpha value is -3.12. The molecule has 1 aromatic carbocycles. The predicted octanol–water partition coefficient (Wildman–Crippen LogP) is 4.18. The highest BCUT2D eigenvalue weighted by molar-refractivity contribution is 5.90. The number of ether oxygens (including phenoxy) is 1. The van der Waals surface area contributed by atoms with E-state index in [0.29, 0.717) is 5.56 Å². The molecular weight excluding hydrogens is 388 g/mol. The van der Waals surface area contributed by atoms with E-state index in [4.69, 9.17) is 14.7 Å². The number of hydrogen-bond acceptors (Lipinski definition) is 6. The average Bonchev–Trinajstić information content (AvgIpc) is 2.78. The number of nitrogens with zero attached hydrogens (tertiary/aromatic N) is 4. The largest absolute Gasteiger partial charge is 0.465 e. The van der Waals surface area contributed by atoms with Gasteiger partial charge in [0.05, 0.1) is 24.1 Å². The van der Waals surface area contributed by atoms with Crippen LogP contribution in [-0.4, -0.2) is 39.5 Å². The molecule has 6 nitrogen and oxygen atoms in total. The Morgan fingerprint density at radius 1 is 1.13 bits per heavy atom. The number of pyridine rings is 1. The summed E-state index contributed by atoms with van der Waals surface area (Å²) in [5.74, 6) is 0.560. The molecule has 0 N–H and O–H groups in total. The van der Waals surface area contributed by atoms with Crippen LogP contribution in [0.25, 0.3) is 11.3 Å². The summed E-state index contributed by atoms with van der Waals surface area (Å²) < 4.78 is 4.83. The van der Waals surface area contributed by atoms with Gasteiger partial charge >= 0.3 is 5.97 Å². The number of methoxy groups -OCH3 is 1. The Bertz CT molecular complexity index is 1100. The number of hydrogen-bond donors (Lipinski definition) is 0. The van der Waals surface area contributed by atoms with Gasteiger partial charge in [0.25, 0.3) is 0 Å². The summed E-state index contributed by atoms with van der Waals surface area (Å²) in [6, 6.07) is 13.4. The number of rotatable bonds is 4. The number of carbonyl (C=O) groups is 1. The first kappa shape index (κ1) is 21.1. The number of aromatic nitrogens is 3. The van der Waals surface area contributed by atoms with E-state index in [1.165, 1.54) is 12.7 Å². The summed E-state index contributed by atoms with van der Waals surface area (Å²) in [6.07, 6.45) is 2.90. The molecule has 1 aliphatic heterocycles. The fourth-order valence-electron chi connectivity index (χ4n) is 3.75.